The Morgan fingerprint density at radius 3 is 2.45 bits per heavy atom. The fourth-order valence-electron chi connectivity index (χ4n) is 3.86. The molecule has 0 N–H and O–H groups in total. The number of Topliss-reactive ketones (excluding diaryl/α,β-unsaturated/α-hetero) is 1. The van der Waals surface area contributed by atoms with Gasteiger partial charge in [-0.1, -0.05) is 42.2 Å². The van der Waals surface area contributed by atoms with Gasteiger partial charge in [0.1, 0.15) is 5.75 Å². The summed E-state index contributed by atoms with van der Waals surface area (Å²) >= 11 is 0. The number of nitrogens with zero attached hydrogens (tertiary/aromatic N) is 2. The number of para-hydroxylation sites is 1. The second-order valence-electron chi connectivity index (χ2n) is 7.09. The van der Waals surface area contributed by atoms with E-state index in [9.17, 15) is 4.79 Å². The highest BCUT2D eigenvalue weighted by molar-refractivity contribution is 6.21. The average Bonchev–Trinajstić information content (AvgIpc) is 3.28. The number of ketones is 1. The topological polar surface area (TPSA) is 41.9 Å². The van der Waals surface area contributed by atoms with Crippen LogP contribution in [0.4, 0.5) is 5.69 Å². The van der Waals surface area contributed by atoms with E-state index in [4.69, 9.17) is 9.84 Å². The molecule has 2 aliphatic heterocycles. The highest BCUT2D eigenvalue weighted by atomic mass is 16.5. The quantitative estimate of drug-likeness (QED) is 0.625. The minimum Gasteiger partial charge on any atom is -0.497 e. The van der Waals surface area contributed by atoms with Gasteiger partial charge in [0.15, 0.2) is 5.54 Å². The molecule has 4 heteroatoms. The Kier molecular flexibility index (Phi) is 3.96. The second kappa shape index (κ2) is 6.65. The van der Waals surface area contributed by atoms with Crippen molar-refractivity contribution in [2.75, 3.05) is 12.1 Å². The van der Waals surface area contributed by atoms with Gasteiger partial charge in [-0.05, 0) is 54.1 Å². The van der Waals surface area contributed by atoms with Crippen LogP contribution in [0.3, 0.4) is 0 Å². The van der Waals surface area contributed by atoms with Gasteiger partial charge in [0.25, 0.3) is 0 Å². The summed E-state index contributed by atoms with van der Waals surface area (Å²) in [5.74, 6) is 7.27. The van der Waals surface area contributed by atoms with Crippen LogP contribution in [0.1, 0.15) is 27.9 Å². The molecule has 0 saturated heterocycles. The normalized spacial score (nSPS) is 19.1. The summed E-state index contributed by atoms with van der Waals surface area (Å²) in [5.41, 5.74) is 3.16. The van der Waals surface area contributed by atoms with Gasteiger partial charge < -0.3 is 4.74 Å². The van der Waals surface area contributed by atoms with Crippen molar-refractivity contribution in [3.63, 3.8) is 0 Å². The smallest absolute Gasteiger partial charge is 0.205 e. The molecule has 3 aromatic carbocycles. The van der Waals surface area contributed by atoms with E-state index in [2.05, 4.69) is 11.8 Å². The summed E-state index contributed by atoms with van der Waals surface area (Å²) < 4.78 is 5.25. The number of carbonyl (C=O) groups is 1. The van der Waals surface area contributed by atoms with Crippen LogP contribution >= 0.6 is 0 Å². The monoisotopic (exact) mass is 378 g/mol. The number of hydrogen-bond donors (Lipinski definition) is 0. The predicted octanol–water partition coefficient (Wildman–Crippen LogP) is 4.30. The standard InChI is InChI=1S/C25H18N2O2/c1-29-20-13-11-19(12-14-20)22-17-25(16-15-18-7-3-2-4-8-18)24(28)21-9-5-6-10-23(21)27(25)26-22/h2-14H,17H2,1H3. The van der Waals surface area contributed by atoms with Gasteiger partial charge >= 0.3 is 0 Å². The number of ether oxygens (including phenoxy) is 1. The maximum Gasteiger partial charge on any atom is 0.205 e. The zero-order chi connectivity index (χ0) is 19.8. The third-order valence-corrected chi connectivity index (χ3v) is 5.37. The first kappa shape index (κ1) is 17.3. The van der Waals surface area contributed by atoms with E-state index >= 15 is 0 Å². The van der Waals surface area contributed by atoms with Crippen LogP contribution in [0.15, 0.2) is 84.0 Å². The number of methoxy groups -OCH3 is 1. The van der Waals surface area contributed by atoms with E-state index in [-0.39, 0.29) is 5.78 Å². The molecule has 0 fully saturated rings. The molecule has 0 amide bonds. The fraction of sp³-hybridized carbons (Fsp3) is 0.120. The lowest BCUT2D eigenvalue weighted by molar-refractivity contribution is 0.0945. The first-order valence-electron chi connectivity index (χ1n) is 9.45. The lowest BCUT2D eigenvalue weighted by atomic mass is 9.87. The largest absolute Gasteiger partial charge is 0.497 e. The van der Waals surface area contributed by atoms with Crippen LogP contribution in [0, 0.1) is 11.8 Å². The zero-order valence-electron chi connectivity index (χ0n) is 15.9. The van der Waals surface area contributed by atoms with E-state index in [0.29, 0.717) is 12.0 Å². The van der Waals surface area contributed by atoms with Crippen molar-refractivity contribution in [1.82, 2.24) is 0 Å². The SMILES string of the molecule is COc1ccc(C2=NN3c4ccccc4C(=O)C3(C#Cc3ccccc3)C2)cc1. The molecule has 2 heterocycles. The molecule has 3 aromatic rings. The van der Waals surface area contributed by atoms with Crippen LogP contribution < -0.4 is 9.75 Å². The van der Waals surface area contributed by atoms with Crippen LogP contribution in [0.2, 0.25) is 0 Å². The number of anilines is 1. The van der Waals surface area contributed by atoms with Gasteiger partial charge in [-0.3, -0.25) is 4.79 Å². The number of carbonyl (C=O) groups excluding carboxylic acids is 1. The number of hydrogen-bond acceptors (Lipinski definition) is 4. The highest BCUT2D eigenvalue weighted by Crippen LogP contribution is 2.45. The first-order chi connectivity index (χ1) is 14.2. The molecule has 0 bridgehead atoms. The lowest BCUT2D eigenvalue weighted by Gasteiger charge is -2.23. The molecule has 0 spiro atoms. The van der Waals surface area contributed by atoms with Gasteiger partial charge in [-0.2, -0.15) is 5.10 Å². The van der Waals surface area contributed by atoms with Gasteiger partial charge in [0.2, 0.25) is 5.78 Å². The van der Waals surface area contributed by atoms with E-state index in [0.717, 1.165) is 28.3 Å². The minimum absolute atomic E-state index is 0.00351. The number of hydrazone groups is 1. The fourth-order valence-corrected chi connectivity index (χ4v) is 3.86. The molecule has 0 aromatic heterocycles. The van der Waals surface area contributed by atoms with Gasteiger partial charge in [0, 0.05) is 17.5 Å². The maximum absolute atomic E-state index is 13.5. The summed E-state index contributed by atoms with van der Waals surface area (Å²) in [6, 6.07) is 25.1. The van der Waals surface area contributed by atoms with Crippen molar-refractivity contribution in [3.8, 4) is 17.6 Å². The highest BCUT2D eigenvalue weighted by Gasteiger charge is 2.55. The lowest BCUT2D eigenvalue weighted by Crippen LogP contribution is -2.43. The molecule has 5 rings (SSSR count). The summed E-state index contributed by atoms with van der Waals surface area (Å²) in [5, 5.41) is 6.64. The van der Waals surface area contributed by atoms with Crippen molar-refractivity contribution in [1.29, 1.82) is 0 Å². The molecule has 2 aliphatic rings. The van der Waals surface area contributed by atoms with E-state index in [1.807, 2.05) is 78.9 Å². The zero-order valence-corrected chi connectivity index (χ0v) is 15.9. The van der Waals surface area contributed by atoms with E-state index in [1.165, 1.54) is 0 Å². The molecular weight excluding hydrogens is 360 g/mol. The average molecular weight is 378 g/mol. The minimum atomic E-state index is -1.01. The Balaban J connectivity index is 1.61. The van der Waals surface area contributed by atoms with Gasteiger partial charge in [-0.25, -0.2) is 5.01 Å². The molecule has 29 heavy (non-hydrogen) atoms. The second-order valence-corrected chi connectivity index (χ2v) is 7.09. The Bertz CT molecular complexity index is 1190. The summed E-state index contributed by atoms with van der Waals surface area (Å²) in [6.45, 7) is 0. The molecule has 1 atom stereocenters. The summed E-state index contributed by atoms with van der Waals surface area (Å²) in [4.78, 5) is 13.5. The first-order valence-corrected chi connectivity index (χ1v) is 9.45. The van der Waals surface area contributed by atoms with Crippen LogP contribution in [0.5, 0.6) is 5.75 Å². The third kappa shape index (κ3) is 2.71. The molecule has 0 saturated carbocycles. The summed E-state index contributed by atoms with van der Waals surface area (Å²) in [6.07, 6.45) is 0.437. The van der Waals surface area contributed by atoms with Crippen molar-refractivity contribution >= 4 is 17.2 Å². The van der Waals surface area contributed by atoms with Gasteiger partial charge in [-0.15, -0.1) is 0 Å². The molecular formula is C25H18N2O2. The third-order valence-electron chi connectivity index (χ3n) is 5.37. The Hall–Kier alpha value is -3.84. The van der Waals surface area contributed by atoms with Crippen LogP contribution in [0.25, 0.3) is 0 Å². The van der Waals surface area contributed by atoms with E-state index in [1.54, 1.807) is 12.1 Å². The van der Waals surface area contributed by atoms with Crippen molar-refractivity contribution < 1.29 is 9.53 Å². The van der Waals surface area contributed by atoms with E-state index < -0.39 is 5.54 Å². The molecule has 1 unspecified atom stereocenters. The van der Waals surface area contributed by atoms with Crippen LogP contribution in [-0.4, -0.2) is 24.1 Å². The summed E-state index contributed by atoms with van der Waals surface area (Å²) in [7, 11) is 1.64. The van der Waals surface area contributed by atoms with Gasteiger partial charge in [0.05, 0.1) is 18.5 Å². The van der Waals surface area contributed by atoms with Crippen molar-refractivity contribution in [2.45, 2.75) is 12.0 Å². The number of rotatable bonds is 2. The predicted molar refractivity (Wildman–Crippen MR) is 113 cm³/mol. The Morgan fingerprint density at radius 2 is 1.69 bits per heavy atom. The Labute approximate surface area is 169 Å². The maximum atomic E-state index is 13.5. The van der Waals surface area contributed by atoms with Crippen molar-refractivity contribution in [3.05, 3.63) is 95.6 Å². The Morgan fingerprint density at radius 1 is 0.966 bits per heavy atom. The molecule has 4 nitrogen and oxygen atoms in total. The van der Waals surface area contributed by atoms with Crippen molar-refractivity contribution in [2.24, 2.45) is 5.10 Å². The van der Waals surface area contributed by atoms with Crippen LogP contribution in [-0.2, 0) is 0 Å². The number of benzene rings is 3. The molecule has 0 aliphatic carbocycles. The number of fused-ring (bicyclic) bond motifs is 3. The molecule has 140 valence electrons. The molecule has 0 radical (unpaired) electrons.